The molecule has 8 nitrogen and oxygen atoms in total. The van der Waals surface area contributed by atoms with Gasteiger partial charge < -0.3 is 22.1 Å². The molecule has 2 aromatic heterocycles. The van der Waals surface area contributed by atoms with E-state index in [0.717, 1.165) is 24.8 Å². The zero-order valence-electron chi connectivity index (χ0n) is 18.2. The van der Waals surface area contributed by atoms with Crippen LogP contribution in [-0.2, 0) is 6.42 Å². The number of primary amides is 1. The Balaban J connectivity index is 1.36. The predicted molar refractivity (Wildman–Crippen MR) is 134 cm³/mol. The molecule has 6 N–H and O–H groups in total. The smallest absolute Gasteiger partial charge is 0.271 e. The Kier molecular flexibility index (Phi) is 6.05. The second-order valence-corrected chi connectivity index (χ2v) is 10.6. The predicted octanol–water partition coefficient (Wildman–Crippen LogP) is 3.85. The van der Waals surface area contributed by atoms with Gasteiger partial charge in [0.1, 0.15) is 10.8 Å². The summed E-state index contributed by atoms with van der Waals surface area (Å²) in [6, 6.07) is 7.64. The van der Waals surface area contributed by atoms with E-state index in [0.29, 0.717) is 38.9 Å². The molecule has 1 aliphatic carbocycles. The number of carbonyl (C=O) groups excluding carboxylic acids is 1. The zero-order chi connectivity index (χ0) is 24.0. The Hall–Kier alpha value is -2.59. The van der Waals surface area contributed by atoms with E-state index < -0.39 is 5.91 Å². The number of carbonyl (C=O) groups is 1. The highest BCUT2D eigenvalue weighted by molar-refractivity contribution is 7.99. The summed E-state index contributed by atoms with van der Waals surface area (Å²) in [6.45, 7) is 1.40. The van der Waals surface area contributed by atoms with Crippen LogP contribution in [-0.4, -0.2) is 33.9 Å². The van der Waals surface area contributed by atoms with Crippen LogP contribution in [0.4, 0.5) is 11.6 Å². The summed E-state index contributed by atoms with van der Waals surface area (Å²) in [5, 5.41) is 1.53. The maximum Gasteiger partial charge on any atom is 0.271 e. The molecule has 0 radical (unpaired) electrons. The van der Waals surface area contributed by atoms with Gasteiger partial charge in [0, 0.05) is 35.2 Å². The number of amides is 1. The van der Waals surface area contributed by atoms with E-state index in [9.17, 15) is 4.79 Å². The minimum atomic E-state index is -0.634. The minimum absolute atomic E-state index is 0.0301. The Labute approximate surface area is 211 Å². The third kappa shape index (κ3) is 4.07. The number of aromatic nitrogens is 3. The first-order valence-corrected chi connectivity index (χ1v) is 12.4. The number of nitrogens with two attached hydrogens (primary N) is 3. The van der Waals surface area contributed by atoms with Crippen LogP contribution in [0.15, 0.2) is 46.6 Å². The van der Waals surface area contributed by atoms with Gasteiger partial charge in [0.15, 0.2) is 11.5 Å². The summed E-state index contributed by atoms with van der Waals surface area (Å²) in [6.07, 6.45) is 5.83. The normalized spacial score (nSPS) is 18.8. The standard InChI is InChI=1S/C23H23Cl2N7OS/c24-13-2-1-12-10-23(19(26)14(12)9-13)4-7-32(8-5-23)22-18(21(28)33)31-16(11-30-22)34-15-3-6-29-20(27)17(15)25/h1-3,6,9,11,19H,4-5,7-8,10,26H2,(H2,27,29)(H2,28,33)/t19-/m1/s1. The van der Waals surface area contributed by atoms with Crippen molar-refractivity contribution >= 4 is 52.5 Å². The third-order valence-electron chi connectivity index (χ3n) is 6.76. The molecule has 1 fully saturated rings. The number of fused-ring (bicyclic) bond motifs is 1. The number of nitrogens with zero attached hydrogens (tertiary/aromatic N) is 4. The van der Waals surface area contributed by atoms with Crippen molar-refractivity contribution in [2.75, 3.05) is 23.7 Å². The maximum atomic E-state index is 12.3. The van der Waals surface area contributed by atoms with E-state index in [4.69, 9.17) is 40.4 Å². The molecular formula is C23H23Cl2N7OS. The first-order chi connectivity index (χ1) is 16.3. The molecule has 1 atom stereocenters. The highest BCUT2D eigenvalue weighted by Gasteiger charge is 2.46. The van der Waals surface area contributed by atoms with E-state index in [2.05, 4.69) is 25.9 Å². The van der Waals surface area contributed by atoms with E-state index in [1.807, 2.05) is 12.1 Å². The van der Waals surface area contributed by atoms with Crippen molar-refractivity contribution in [3.05, 3.63) is 63.5 Å². The van der Waals surface area contributed by atoms with Crippen LogP contribution in [0.1, 0.15) is 40.5 Å². The minimum Gasteiger partial charge on any atom is -0.382 e. The van der Waals surface area contributed by atoms with Crippen LogP contribution in [0.25, 0.3) is 0 Å². The monoisotopic (exact) mass is 515 g/mol. The fraction of sp³-hybridized carbons (Fsp3) is 0.304. The number of nitrogen functional groups attached to an aromatic ring is 1. The van der Waals surface area contributed by atoms with Gasteiger partial charge in [-0.1, -0.05) is 41.0 Å². The van der Waals surface area contributed by atoms with Crippen molar-refractivity contribution < 1.29 is 4.79 Å². The summed E-state index contributed by atoms with van der Waals surface area (Å²) >= 11 is 13.7. The van der Waals surface area contributed by atoms with Crippen molar-refractivity contribution in [2.24, 2.45) is 16.9 Å². The Morgan fingerprint density at radius 2 is 1.94 bits per heavy atom. The molecule has 34 heavy (non-hydrogen) atoms. The van der Waals surface area contributed by atoms with Gasteiger partial charge in [0.2, 0.25) is 0 Å². The number of anilines is 2. The summed E-state index contributed by atoms with van der Waals surface area (Å²) in [5.74, 6) is 0.0764. The van der Waals surface area contributed by atoms with Crippen LogP contribution in [0, 0.1) is 5.41 Å². The molecule has 2 aliphatic rings. The van der Waals surface area contributed by atoms with Crippen LogP contribution in [0.5, 0.6) is 0 Å². The average Bonchev–Trinajstić information content (AvgIpc) is 3.08. The molecule has 0 saturated carbocycles. The number of hydrogen-bond donors (Lipinski definition) is 3. The van der Waals surface area contributed by atoms with Gasteiger partial charge in [0.05, 0.1) is 11.2 Å². The van der Waals surface area contributed by atoms with Gasteiger partial charge in [-0.3, -0.25) is 4.79 Å². The summed E-state index contributed by atoms with van der Waals surface area (Å²) in [7, 11) is 0. The number of halogens is 2. The zero-order valence-corrected chi connectivity index (χ0v) is 20.5. The van der Waals surface area contributed by atoms with Crippen LogP contribution in [0.2, 0.25) is 10.0 Å². The summed E-state index contributed by atoms with van der Waals surface area (Å²) in [5.41, 5.74) is 20.7. The van der Waals surface area contributed by atoms with Crippen molar-refractivity contribution in [3.8, 4) is 0 Å². The summed E-state index contributed by atoms with van der Waals surface area (Å²) in [4.78, 5) is 28.0. The largest absolute Gasteiger partial charge is 0.382 e. The summed E-state index contributed by atoms with van der Waals surface area (Å²) < 4.78 is 0. The second kappa shape index (κ2) is 8.88. The highest BCUT2D eigenvalue weighted by atomic mass is 35.5. The number of piperidine rings is 1. The fourth-order valence-electron chi connectivity index (χ4n) is 4.93. The molecule has 0 unspecified atom stereocenters. The number of hydrogen-bond acceptors (Lipinski definition) is 8. The van der Waals surface area contributed by atoms with Crippen LogP contribution < -0.4 is 22.1 Å². The lowest BCUT2D eigenvalue weighted by Crippen LogP contribution is -2.45. The molecule has 1 saturated heterocycles. The lowest BCUT2D eigenvalue weighted by atomic mass is 9.73. The first-order valence-electron chi connectivity index (χ1n) is 10.8. The van der Waals surface area contributed by atoms with Gasteiger partial charge >= 0.3 is 0 Å². The Morgan fingerprint density at radius 1 is 1.18 bits per heavy atom. The van der Waals surface area contributed by atoms with Crippen molar-refractivity contribution in [1.82, 2.24) is 15.0 Å². The first kappa shape index (κ1) is 23.2. The van der Waals surface area contributed by atoms with E-state index >= 15 is 0 Å². The lowest BCUT2D eigenvalue weighted by Gasteiger charge is -2.42. The molecule has 5 rings (SSSR count). The average molecular weight is 516 g/mol. The van der Waals surface area contributed by atoms with Crippen LogP contribution in [0.3, 0.4) is 0 Å². The van der Waals surface area contributed by atoms with Gasteiger partial charge in [-0.15, -0.1) is 0 Å². The molecule has 176 valence electrons. The number of pyridine rings is 1. The fourth-order valence-corrected chi connectivity index (χ4v) is 6.13. The molecule has 0 bridgehead atoms. The van der Waals surface area contributed by atoms with Gasteiger partial charge in [-0.2, -0.15) is 0 Å². The molecule has 1 aromatic carbocycles. The quantitative estimate of drug-likeness (QED) is 0.476. The maximum absolute atomic E-state index is 12.3. The SMILES string of the molecule is NC(=O)c1nc(Sc2ccnc(N)c2Cl)cnc1N1CCC2(CC1)Cc1ccc(Cl)cc1[C@H]2N. The lowest BCUT2D eigenvalue weighted by molar-refractivity contribution is 0.0994. The van der Waals surface area contributed by atoms with Gasteiger partial charge in [-0.05, 0) is 54.0 Å². The van der Waals surface area contributed by atoms with Gasteiger partial charge in [-0.25, -0.2) is 15.0 Å². The van der Waals surface area contributed by atoms with E-state index in [1.54, 1.807) is 18.5 Å². The van der Waals surface area contributed by atoms with Gasteiger partial charge in [0.25, 0.3) is 5.91 Å². The second-order valence-electron chi connectivity index (χ2n) is 8.70. The molecule has 11 heteroatoms. The Morgan fingerprint density at radius 3 is 2.68 bits per heavy atom. The number of rotatable bonds is 4. The van der Waals surface area contributed by atoms with Crippen molar-refractivity contribution in [3.63, 3.8) is 0 Å². The van der Waals surface area contributed by atoms with E-state index in [-0.39, 0.29) is 23.0 Å². The van der Waals surface area contributed by atoms with Crippen LogP contribution >= 0.6 is 35.0 Å². The Bertz CT molecular complexity index is 1280. The van der Waals surface area contributed by atoms with Crippen molar-refractivity contribution in [1.29, 1.82) is 0 Å². The van der Waals surface area contributed by atoms with E-state index in [1.165, 1.54) is 17.3 Å². The molecule has 1 amide bonds. The molecule has 1 spiro atoms. The topological polar surface area (TPSA) is 137 Å². The molecule has 1 aliphatic heterocycles. The number of benzene rings is 1. The van der Waals surface area contributed by atoms with Crippen molar-refractivity contribution in [2.45, 2.75) is 35.2 Å². The highest BCUT2D eigenvalue weighted by Crippen LogP contribution is 2.51. The molecule has 3 heterocycles. The molecule has 3 aromatic rings. The molecular weight excluding hydrogens is 493 g/mol. The third-order valence-corrected chi connectivity index (χ3v) is 8.47.